The number of rotatable bonds is 7. The van der Waals surface area contributed by atoms with Gasteiger partial charge in [-0.3, -0.25) is 14.2 Å². The zero-order valence-electron chi connectivity index (χ0n) is 17.8. The second-order valence-electron chi connectivity index (χ2n) is 7.54. The number of halogens is 1. The van der Waals surface area contributed by atoms with Crippen molar-refractivity contribution in [3.05, 3.63) is 51.8 Å². The van der Waals surface area contributed by atoms with Crippen LogP contribution in [0.3, 0.4) is 0 Å². The van der Waals surface area contributed by atoms with Gasteiger partial charge in [-0.25, -0.2) is 4.98 Å². The minimum absolute atomic E-state index is 0.101. The van der Waals surface area contributed by atoms with Crippen LogP contribution in [0, 0.1) is 6.92 Å². The number of hydrogen-bond donors (Lipinski definition) is 1. The Hall–Kier alpha value is -2.36. The van der Waals surface area contributed by atoms with E-state index in [2.05, 4.69) is 26.8 Å². The monoisotopic (exact) mass is 489 g/mol. The van der Waals surface area contributed by atoms with Crippen molar-refractivity contribution in [2.45, 2.75) is 37.9 Å². The summed E-state index contributed by atoms with van der Waals surface area (Å²) in [5.74, 6) is -0.100. The molecular formula is C22H24ClN5O2S2. The molecule has 0 bridgehead atoms. The molecule has 0 saturated carbocycles. The first-order valence-electron chi connectivity index (χ1n) is 10.4. The van der Waals surface area contributed by atoms with E-state index in [-0.39, 0.29) is 17.2 Å². The fraction of sp³-hybridized carbons (Fsp3) is 0.364. The smallest absolute Gasteiger partial charge is 0.274 e. The number of thiazole rings is 1. The number of amides is 1. The standard InChI is InChI=1S/C22H24ClN5O2S2/c1-3-10-28-20(30)18-19(25-21(32-18)27-11-5-4-6-12-27)26-22(28)31-13-17(29)24-16-9-7-8-15(23)14(16)2/h3,7-9H,1,4-6,10-13H2,2H3,(H,24,29). The maximum absolute atomic E-state index is 13.2. The number of anilines is 2. The van der Waals surface area contributed by atoms with Crippen LogP contribution in [-0.4, -0.2) is 39.3 Å². The van der Waals surface area contributed by atoms with E-state index < -0.39 is 0 Å². The molecule has 1 saturated heterocycles. The average molecular weight is 490 g/mol. The highest BCUT2D eigenvalue weighted by Crippen LogP contribution is 2.29. The van der Waals surface area contributed by atoms with Gasteiger partial charge in [-0.05, 0) is 43.9 Å². The molecule has 1 aliphatic rings. The van der Waals surface area contributed by atoms with Gasteiger partial charge in [0.25, 0.3) is 5.56 Å². The van der Waals surface area contributed by atoms with Crippen molar-refractivity contribution in [2.24, 2.45) is 0 Å². The van der Waals surface area contributed by atoms with Crippen LogP contribution in [-0.2, 0) is 11.3 Å². The number of piperidine rings is 1. The molecule has 1 aliphatic heterocycles. The third-order valence-corrected chi connectivity index (χ3v) is 7.76. The zero-order chi connectivity index (χ0) is 22.7. The largest absolute Gasteiger partial charge is 0.348 e. The molecule has 10 heteroatoms. The number of thioether (sulfide) groups is 1. The van der Waals surface area contributed by atoms with Gasteiger partial charge in [-0.1, -0.05) is 46.8 Å². The van der Waals surface area contributed by atoms with E-state index in [1.54, 1.807) is 28.8 Å². The summed E-state index contributed by atoms with van der Waals surface area (Å²) in [5.41, 5.74) is 1.77. The quantitative estimate of drug-likeness (QED) is 0.294. The fourth-order valence-electron chi connectivity index (χ4n) is 3.56. The van der Waals surface area contributed by atoms with E-state index in [1.807, 2.05) is 6.92 Å². The Balaban J connectivity index is 1.57. The number of carbonyl (C=O) groups excluding carboxylic acids is 1. The molecule has 0 atom stereocenters. The number of nitrogens with zero attached hydrogens (tertiary/aromatic N) is 4. The minimum Gasteiger partial charge on any atom is -0.348 e. The normalized spacial score (nSPS) is 14.0. The summed E-state index contributed by atoms with van der Waals surface area (Å²) in [6.07, 6.45) is 5.14. The lowest BCUT2D eigenvalue weighted by Gasteiger charge is -2.25. The van der Waals surface area contributed by atoms with E-state index in [4.69, 9.17) is 11.6 Å². The summed E-state index contributed by atoms with van der Waals surface area (Å²) < 4.78 is 2.09. The fourth-order valence-corrected chi connectivity index (χ4v) is 5.53. The number of carbonyl (C=O) groups is 1. The lowest BCUT2D eigenvalue weighted by Crippen LogP contribution is -2.29. The Bertz CT molecular complexity index is 1220. The lowest BCUT2D eigenvalue weighted by molar-refractivity contribution is -0.113. The van der Waals surface area contributed by atoms with Gasteiger partial charge in [0.15, 0.2) is 15.9 Å². The maximum Gasteiger partial charge on any atom is 0.274 e. The van der Waals surface area contributed by atoms with Crippen LogP contribution in [0.25, 0.3) is 10.3 Å². The number of aromatic nitrogens is 3. The molecule has 3 heterocycles. The van der Waals surface area contributed by atoms with Crippen LogP contribution in [0.2, 0.25) is 5.02 Å². The van der Waals surface area contributed by atoms with E-state index >= 15 is 0 Å². The van der Waals surface area contributed by atoms with Crippen LogP contribution >= 0.6 is 34.7 Å². The van der Waals surface area contributed by atoms with Crippen molar-refractivity contribution in [3.8, 4) is 0 Å². The van der Waals surface area contributed by atoms with Crippen LogP contribution < -0.4 is 15.8 Å². The van der Waals surface area contributed by atoms with E-state index in [0.29, 0.717) is 32.8 Å². The first-order chi connectivity index (χ1) is 15.5. The molecular weight excluding hydrogens is 466 g/mol. The van der Waals surface area contributed by atoms with E-state index in [9.17, 15) is 9.59 Å². The summed E-state index contributed by atoms with van der Waals surface area (Å²) >= 11 is 8.73. The number of fused-ring (bicyclic) bond motifs is 1. The van der Waals surface area contributed by atoms with Gasteiger partial charge in [-0.2, -0.15) is 4.98 Å². The first-order valence-corrected chi connectivity index (χ1v) is 12.6. The van der Waals surface area contributed by atoms with Gasteiger partial charge in [0.05, 0.1) is 5.75 Å². The van der Waals surface area contributed by atoms with Crippen molar-refractivity contribution in [3.63, 3.8) is 0 Å². The van der Waals surface area contributed by atoms with Crippen molar-refractivity contribution >= 4 is 61.8 Å². The number of nitrogens with one attached hydrogen (secondary N) is 1. The zero-order valence-corrected chi connectivity index (χ0v) is 20.2. The molecule has 4 rings (SSSR count). The molecule has 1 fully saturated rings. The van der Waals surface area contributed by atoms with Crippen molar-refractivity contribution in [1.82, 2.24) is 14.5 Å². The summed E-state index contributed by atoms with van der Waals surface area (Å²) in [4.78, 5) is 37.2. The van der Waals surface area contributed by atoms with Crippen molar-refractivity contribution in [2.75, 3.05) is 29.1 Å². The maximum atomic E-state index is 13.2. The van der Waals surface area contributed by atoms with Crippen molar-refractivity contribution in [1.29, 1.82) is 0 Å². The van der Waals surface area contributed by atoms with Crippen LogP contribution in [0.1, 0.15) is 24.8 Å². The Morgan fingerprint density at radius 1 is 1.31 bits per heavy atom. The predicted molar refractivity (Wildman–Crippen MR) is 133 cm³/mol. The van der Waals surface area contributed by atoms with Gasteiger partial charge >= 0.3 is 0 Å². The number of allylic oxidation sites excluding steroid dienone is 1. The highest BCUT2D eigenvalue weighted by Gasteiger charge is 2.20. The number of hydrogen-bond acceptors (Lipinski definition) is 7. The lowest BCUT2D eigenvalue weighted by atomic mass is 10.1. The van der Waals surface area contributed by atoms with Gasteiger partial charge < -0.3 is 10.2 Å². The Labute approximate surface area is 199 Å². The molecule has 168 valence electrons. The summed E-state index contributed by atoms with van der Waals surface area (Å²) in [7, 11) is 0. The summed E-state index contributed by atoms with van der Waals surface area (Å²) in [5, 5.41) is 4.76. The topological polar surface area (TPSA) is 80.1 Å². The van der Waals surface area contributed by atoms with Crippen LogP contribution in [0.5, 0.6) is 0 Å². The molecule has 2 aromatic heterocycles. The third-order valence-electron chi connectivity index (χ3n) is 5.28. The molecule has 0 radical (unpaired) electrons. The van der Waals surface area contributed by atoms with Crippen molar-refractivity contribution < 1.29 is 4.79 Å². The Morgan fingerprint density at radius 2 is 2.09 bits per heavy atom. The molecule has 0 unspecified atom stereocenters. The van der Waals surface area contributed by atoms with Gasteiger partial charge in [0.1, 0.15) is 4.70 Å². The second kappa shape index (κ2) is 10.1. The van der Waals surface area contributed by atoms with Gasteiger partial charge in [0.2, 0.25) is 5.91 Å². The highest BCUT2D eigenvalue weighted by atomic mass is 35.5. The van der Waals surface area contributed by atoms with Crippen LogP contribution in [0.15, 0.2) is 40.8 Å². The summed E-state index contributed by atoms with van der Waals surface area (Å²) in [6, 6.07) is 5.37. The first kappa shape index (κ1) is 22.8. The molecule has 32 heavy (non-hydrogen) atoms. The third kappa shape index (κ3) is 4.84. The van der Waals surface area contributed by atoms with E-state index in [1.165, 1.54) is 29.5 Å². The van der Waals surface area contributed by atoms with Gasteiger partial charge in [-0.15, -0.1) is 6.58 Å². The molecule has 1 amide bonds. The Morgan fingerprint density at radius 3 is 2.84 bits per heavy atom. The second-order valence-corrected chi connectivity index (χ2v) is 9.87. The van der Waals surface area contributed by atoms with E-state index in [0.717, 1.165) is 36.6 Å². The number of benzene rings is 1. The van der Waals surface area contributed by atoms with Crippen LogP contribution in [0.4, 0.5) is 10.8 Å². The Kier molecular flexibility index (Phi) is 7.17. The summed E-state index contributed by atoms with van der Waals surface area (Å²) in [6.45, 7) is 7.82. The molecule has 0 spiro atoms. The molecule has 1 N–H and O–H groups in total. The molecule has 7 nitrogen and oxygen atoms in total. The minimum atomic E-state index is -0.202. The SMILES string of the molecule is C=CCn1c(SCC(=O)Nc2cccc(Cl)c2C)nc2nc(N3CCCCC3)sc2c1=O. The molecule has 0 aliphatic carbocycles. The molecule has 3 aromatic rings. The predicted octanol–water partition coefficient (Wildman–Crippen LogP) is 4.72. The highest BCUT2D eigenvalue weighted by molar-refractivity contribution is 7.99. The average Bonchev–Trinajstić information content (AvgIpc) is 3.23. The van der Waals surface area contributed by atoms with Gasteiger partial charge in [0, 0.05) is 30.3 Å². The molecule has 1 aromatic carbocycles.